The van der Waals surface area contributed by atoms with Crippen molar-refractivity contribution in [3.8, 4) is 22.8 Å². The minimum absolute atomic E-state index is 0.327. The molecule has 36 heavy (non-hydrogen) atoms. The van der Waals surface area contributed by atoms with Gasteiger partial charge in [0, 0.05) is 24.7 Å². The Morgan fingerprint density at radius 2 is 1.72 bits per heavy atom. The van der Waals surface area contributed by atoms with Crippen LogP contribution in [0.2, 0.25) is 0 Å². The fraction of sp³-hybridized carbons (Fsp3) is 0.393. The molecule has 1 aliphatic carbocycles. The molecule has 2 aromatic carbocycles. The molecule has 0 spiro atoms. The third-order valence-electron chi connectivity index (χ3n) is 8.37. The Labute approximate surface area is 210 Å². The summed E-state index contributed by atoms with van der Waals surface area (Å²) >= 11 is 0. The topological polar surface area (TPSA) is 94.1 Å². The number of likely N-dealkylation sites (tertiary alicyclic amines) is 1. The van der Waals surface area contributed by atoms with Gasteiger partial charge in [-0.05, 0) is 80.6 Å². The molecule has 8 heteroatoms. The number of aromatic nitrogens is 4. The summed E-state index contributed by atoms with van der Waals surface area (Å²) in [6.07, 6.45) is 3.81. The van der Waals surface area contributed by atoms with Gasteiger partial charge < -0.3 is 20.7 Å². The molecule has 0 amide bonds. The van der Waals surface area contributed by atoms with Crippen LogP contribution in [0.5, 0.6) is 11.5 Å². The minimum atomic E-state index is 0.327. The van der Waals surface area contributed by atoms with Gasteiger partial charge in [0.15, 0.2) is 5.65 Å². The predicted octanol–water partition coefficient (Wildman–Crippen LogP) is 3.97. The number of anilines is 1. The van der Waals surface area contributed by atoms with Crippen LogP contribution in [0.25, 0.3) is 22.3 Å². The Morgan fingerprint density at radius 3 is 2.50 bits per heavy atom. The lowest BCUT2D eigenvalue weighted by molar-refractivity contribution is 0.0874. The molecule has 0 unspecified atom stereocenters. The van der Waals surface area contributed by atoms with Crippen molar-refractivity contribution in [2.45, 2.75) is 24.9 Å². The molecule has 0 bridgehead atoms. The van der Waals surface area contributed by atoms with Crippen LogP contribution in [0.4, 0.5) is 5.82 Å². The molecule has 8 nitrogen and oxygen atoms in total. The van der Waals surface area contributed by atoms with Crippen molar-refractivity contribution in [1.29, 1.82) is 0 Å². The first kappa shape index (κ1) is 21.8. The van der Waals surface area contributed by atoms with E-state index in [0.29, 0.717) is 29.7 Å². The highest BCUT2D eigenvalue weighted by Gasteiger charge is 2.48. The van der Waals surface area contributed by atoms with Crippen molar-refractivity contribution in [3.63, 3.8) is 0 Å². The van der Waals surface area contributed by atoms with Gasteiger partial charge in [0.25, 0.3) is 0 Å². The second-order valence-corrected chi connectivity index (χ2v) is 10.7. The van der Waals surface area contributed by atoms with Gasteiger partial charge in [0.05, 0.1) is 11.4 Å². The number of rotatable bonds is 5. The van der Waals surface area contributed by atoms with E-state index in [9.17, 15) is 0 Å². The van der Waals surface area contributed by atoms with Crippen molar-refractivity contribution in [2.75, 3.05) is 32.4 Å². The third kappa shape index (κ3) is 3.63. The molecule has 1 saturated carbocycles. The molecule has 3 aliphatic rings. The van der Waals surface area contributed by atoms with Gasteiger partial charge in [-0.1, -0.05) is 18.2 Å². The van der Waals surface area contributed by atoms with Gasteiger partial charge in [-0.25, -0.2) is 14.6 Å². The third-order valence-corrected chi connectivity index (χ3v) is 8.37. The Bertz CT molecular complexity index is 1380. The molecule has 0 radical (unpaired) electrons. The summed E-state index contributed by atoms with van der Waals surface area (Å²) in [6.45, 7) is 3.51. The van der Waals surface area contributed by atoms with Gasteiger partial charge in [0.2, 0.25) is 0 Å². The van der Waals surface area contributed by atoms with Crippen LogP contribution in [0.1, 0.15) is 18.9 Å². The summed E-state index contributed by atoms with van der Waals surface area (Å²) in [5.41, 5.74) is 9.04. The Kier molecular flexibility index (Phi) is 5.18. The standard InChI is InChI=1S/C28H31N7O/c1-34-14-19(15-34)25-23-12-20(11-18(23)13-30-25)35-28-24(27(29)31-16-32-28)26(33-35)17-7-9-22(10-8-17)36-21-5-3-2-4-6-21/h2-10,16,18-20,23,25,30H,11-15H2,1H3,(H2,29,31,32)/t18-,20+,23+,25-/m0/s1. The van der Waals surface area contributed by atoms with Crippen molar-refractivity contribution in [1.82, 2.24) is 30.0 Å². The lowest BCUT2D eigenvalue weighted by atomic mass is 9.82. The molecular formula is C28H31N7O. The lowest BCUT2D eigenvalue weighted by Crippen LogP contribution is -2.54. The molecule has 7 rings (SSSR count). The summed E-state index contributed by atoms with van der Waals surface area (Å²) < 4.78 is 8.11. The van der Waals surface area contributed by atoms with Crippen molar-refractivity contribution in [2.24, 2.45) is 17.8 Å². The average molecular weight is 482 g/mol. The van der Waals surface area contributed by atoms with Crippen molar-refractivity contribution >= 4 is 16.9 Å². The number of nitrogen functional groups attached to an aromatic ring is 1. The van der Waals surface area contributed by atoms with Crippen molar-refractivity contribution in [3.05, 3.63) is 60.9 Å². The van der Waals surface area contributed by atoms with E-state index in [2.05, 4.69) is 31.9 Å². The highest BCUT2D eigenvalue weighted by molar-refractivity contribution is 5.98. The summed E-state index contributed by atoms with van der Waals surface area (Å²) in [7, 11) is 2.21. The number of ether oxygens (including phenoxy) is 1. The molecule has 2 aliphatic heterocycles. The number of fused-ring (bicyclic) bond motifs is 2. The fourth-order valence-corrected chi connectivity index (χ4v) is 6.69. The molecule has 4 heterocycles. The van der Waals surface area contributed by atoms with Gasteiger partial charge in [-0.15, -0.1) is 0 Å². The Hall–Kier alpha value is -3.49. The molecule has 2 saturated heterocycles. The number of nitrogens with two attached hydrogens (primary N) is 1. The first-order valence-electron chi connectivity index (χ1n) is 12.9. The molecule has 2 aromatic heterocycles. The van der Waals surface area contributed by atoms with Gasteiger partial charge in [-0.3, -0.25) is 0 Å². The maximum absolute atomic E-state index is 6.39. The number of para-hydroxylation sites is 1. The second-order valence-electron chi connectivity index (χ2n) is 10.7. The average Bonchev–Trinajstić information content (AvgIpc) is 3.57. The van der Waals surface area contributed by atoms with E-state index >= 15 is 0 Å². The van der Waals surface area contributed by atoms with E-state index in [0.717, 1.165) is 59.1 Å². The van der Waals surface area contributed by atoms with E-state index in [1.54, 1.807) is 6.33 Å². The van der Waals surface area contributed by atoms with Crippen LogP contribution in [-0.2, 0) is 0 Å². The first-order chi connectivity index (χ1) is 17.6. The largest absolute Gasteiger partial charge is 0.457 e. The number of hydrogen-bond acceptors (Lipinski definition) is 7. The van der Waals surface area contributed by atoms with Crippen LogP contribution in [-0.4, -0.2) is 57.4 Å². The zero-order valence-corrected chi connectivity index (χ0v) is 20.4. The van der Waals surface area contributed by atoms with Gasteiger partial charge in [0.1, 0.15) is 29.3 Å². The van der Waals surface area contributed by atoms with Gasteiger partial charge >= 0.3 is 0 Å². The second kappa shape index (κ2) is 8.57. The maximum atomic E-state index is 6.39. The highest BCUT2D eigenvalue weighted by atomic mass is 16.5. The monoisotopic (exact) mass is 481 g/mol. The van der Waals surface area contributed by atoms with Crippen LogP contribution in [0.3, 0.4) is 0 Å². The molecule has 184 valence electrons. The molecule has 4 atom stereocenters. The Balaban J connectivity index is 1.19. The maximum Gasteiger partial charge on any atom is 0.164 e. The summed E-state index contributed by atoms with van der Waals surface area (Å²) in [6, 6.07) is 18.8. The van der Waals surface area contributed by atoms with E-state index in [1.807, 2.05) is 54.6 Å². The van der Waals surface area contributed by atoms with Crippen molar-refractivity contribution < 1.29 is 4.74 Å². The lowest BCUT2D eigenvalue weighted by Gasteiger charge is -2.42. The summed E-state index contributed by atoms with van der Waals surface area (Å²) in [5.74, 6) is 4.23. The molecule has 3 fully saturated rings. The van der Waals surface area contributed by atoms with Crippen LogP contribution in [0.15, 0.2) is 60.9 Å². The first-order valence-corrected chi connectivity index (χ1v) is 12.9. The number of benzene rings is 2. The molecular weight excluding hydrogens is 450 g/mol. The van der Waals surface area contributed by atoms with Crippen LogP contribution in [0, 0.1) is 17.8 Å². The molecule has 4 aromatic rings. The quantitative estimate of drug-likeness (QED) is 0.445. The highest BCUT2D eigenvalue weighted by Crippen LogP contribution is 2.47. The van der Waals surface area contributed by atoms with E-state index in [1.165, 1.54) is 13.1 Å². The zero-order chi connectivity index (χ0) is 24.2. The Morgan fingerprint density at radius 1 is 0.944 bits per heavy atom. The van der Waals surface area contributed by atoms with E-state index in [-0.39, 0.29) is 0 Å². The van der Waals surface area contributed by atoms with Crippen LogP contribution < -0.4 is 15.8 Å². The van der Waals surface area contributed by atoms with Crippen LogP contribution >= 0.6 is 0 Å². The minimum Gasteiger partial charge on any atom is -0.457 e. The number of hydrogen-bond donors (Lipinski definition) is 2. The fourth-order valence-electron chi connectivity index (χ4n) is 6.69. The summed E-state index contributed by atoms with van der Waals surface area (Å²) in [4.78, 5) is 11.4. The molecule has 3 N–H and O–H groups in total. The van der Waals surface area contributed by atoms with Gasteiger partial charge in [-0.2, -0.15) is 5.10 Å². The van der Waals surface area contributed by atoms with E-state index in [4.69, 9.17) is 15.6 Å². The number of nitrogens with zero attached hydrogens (tertiary/aromatic N) is 5. The summed E-state index contributed by atoms with van der Waals surface area (Å²) in [5, 5.41) is 9.80. The van der Waals surface area contributed by atoms with E-state index < -0.39 is 0 Å². The number of nitrogens with one attached hydrogen (secondary N) is 1. The predicted molar refractivity (Wildman–Crippen MR) is 140 cm³/mol. The smallest absolute Gasteiger partial charge is 0.164 e. The SMILES string of the molecule is CN1CC([C@@H]2NC[C@@H]3C[C@@H](n4nc(-c5ccc(Oc6ccccc6)cc5)c5c(N)ncnc54)C[C@H]32)C1. The normalized spacial score (nSPS) is 26.2. The zero-order valence-electron chi connectivity index (χ0n) is 20.4.